The van der Waals surface area contributed by atoms with E-state index in [4.69, 9.17) is 18.8 Å². The van der Waals surface area contributed by atoms with Crippen molar-refractivity contribution >= 4 is 20.9 Å². The second-order valence-electron chi connectivity index (χ2n) is 6.09. The van der Waals surface area contributed by atoms with Gasteiger partial charge in [-0.1, -0.05) is 25.8 Å². The highest BCUT2D eigenvalue weighted by Crippen LogP contribution is 2.38. The predicted molar refractivity (Wildman–Crippen MR) is 102 cm³/mol. The molecule has 1 saturated carbocycles. The minimum Gasteiger partial charge on any atom is -0.496 e. The Kier molecular flexibility index (Phi) is 10.0. The molecule has 0 saturated heterocycles. The van der Waals surface area contributed by atoms with Gasteiger partial charge in [-0.25, -0.2) is 0 Å². The fraction of sp³-hybridized carbons (Fsp3) is 0.579. The first-order valence-electron chi connectivity index (χ1n) is 8.84. The van der Waals surface area contributed by atoms with Crippen molar-refractivity contribution in [3.8, 4) is 11.5 Å². The Morgan fingerprint density at radius 2 is 1.65 bits per heavy atom. The SMILES string of the molecule is CCCOC(=O)C(C(=O)c1c(OC)cccc1OC)C1CCCC1.O=[PH3]. The Hall–Kier alpha value is -1.81. The minimum atomic E-state index is -0.788. The quantitative estimate of drug-likeness (QED) is 0.295. The predicted octanol–water partition coefficient (Wildman–Crippen LogP) is 3.59. The molecule has 1 aliphatic rings. The van der Waals surface area contributed by atoms with Crippen molar-refractivity contribution in [3.63, 3.8) is 0 Å². The molecule has 1 aromatic carbocycles. The van der Waals surface area contributed by atoms with Crippen LogP contribution >= 0.6 is 9.12 Å². The third kappa shape index (κ3) is 5.34. The van der Waals surface area contributed by atoms with Gasteiger partial charge in [-0.2, -0.15) is 0 Å². The van der Waals surface area contributed by atoms with Crippen LogP contribution in [0.2, 0.25) is 0 Å². The average Bonchev–Trinajstić information content (AvgIpc) is 3.21. The van der Waals surface area contributed by atoms with E-state index in [0.717, 1.165) is 32.1 Å². The highest BCUT2D eigenvalue weighted by atomic mass is 31.0. The molecule has 2 atom stereocenters. The highest BCUT2D eigenvalue weighted by molar-refractivity contribution is 7.00. The lowest BCUT2D eigenvalue weighted by Gasteiger charge is -2.22. The van der Waals surface area contributed by atoms with E-state index in [-0.39, 0.29) is 11.7 Å². The van der Waals surface area contributed by atoms with E-state index < -0.39 is 11.9 Å². The average molecular weight is 384 g/mol. The summed E-state index contributed by atoms with van der Waals surface area (Å²) in [6, 6.07) is 5.17. The molecule has 1 aliphatic carbocycles. The summed E-state index contributed by atoms with van der Waals surface area (Å²) in [6.07, 6.45) is 4.55. The van der Waals surface area contributed by atoms with E-state index in [1.807, 2.05) is 6.92 Å². The van der Waals surface area contributed by atoms with Gasteiger partial charge in [-0.15, -0.1) is 0 Å². The molecule has 7 heteroatoms. The fourth-order valence-electron chi connectivity index (χ4n) is 3.35. The zero-order valence-corrected chi connectivity index (χ0v) is 17.2. The van der Waals surface area contributed by atoms with Crippen molar-refractivity contribution in [1.82, 2.24) is 0 Å². The van der Waals surface area contributed by atoms with Gasteiger partial charge in [0.25, 0.3) is 0 Å². The summed E-state index contributed by atoms with van der Waals surface area (Å²) in [5.74, 6) is -0.615. The Bertz CT molecular complexity index is 575. The number of ketones is 1. The largest absolute Gasteiger partial charge is 0.496 e. The molecule has 6 nitrogen and oxygen atoms in total. The van der Waals surface area contributed by atoms with Crippen molar-refractivity contribution in [2.75, 3.05) is 20.8 Å². The summed E-state index contributed by atoms with van der Waals surface area (Å²) < 4.78 is 24.3. The van der Waals surface area contributed by atoms with Crippen LogP contribution in [0.1, 0.15) is 49.4 Å². The van der Waals surface area contributed by atoms with Crippen LogP contribution in [0.25, 0.3) is 0 Å². The fourth-order valence-corrected chi connectivity index (χ4v) is 3.35. The monoisotopic (exact) mass is 384 g/mol. The van der Waals surface area contributed by atoms with Gasteiger partial charge in [0.2, 0.25) is 0 Å². The first-order chi connectivity index (χ1) is 12.6. The highest BCUT2D eigenvalue weighted by Gasteiger charge is 2.40. The Balaban J connectivity index is 0.00000163. The molecule has 0 aromatic heterocycles. The van der Waals surface area contributed by atoms with E-state index in [1.54, 1.807) is 18.2 Å². The molecule has 0 amide bonds. The van der Waals surface area contributed by atoms with Crippen LogP contribution in [0.5, 0.6) is 11.5 Å². The maximum absolute atomic E-state index is 13.2. The van der Waals surface area contributed by atoms with Gasteiger partial charge in [-0.05, 0) is 37.3 Å². The number of rotatable bonds is 8. The van der Waals surface area contributed by atoms with Crippen LogP contribution < -0.4 is 9.47 Å². The van der Waals surface area contributed by atoms with Crippen LogP contribution in [0.3, 0.4) is 0 Å². The molecule has 146 valence electrons. The van der Waals surface area contributed by atoms with Crippen LogP contribution in [-0.4, -0.2) is 32.6 Å². The smallest absolute Gasteiger partial charge is 0.317 e. The molecule has 1 aromatic rings. The van der Waals surface area contributed by atoms with E-state index >= 15 is 0 Å². The standard InChI is InChI=1S/C19H26O5.H3OP/c1-4-12-24-19(21)16(13-8-5-6-9-13)18(20)17-14(22-2)10-7-11-15(17)23-3;1-2/h7,10-11,13,16H,4-6,8-9,12H2,1-3H3;2H3. The molecular formula is C19H29O6P. The third-order valence-corrected chi connectivity index (χ3v) is 4.53. The van der Waals surface area contributed by atoms with Crippen LogP contribution in [0.4, 0.5) is 0 Å². The molecular weight excluding hydrogens is 355 g/mol. The second-order valence-corrected chi connectivity index (χ2v) is 6.09. The molecule has 0 radical (unpaired) electrons. The van der Waals surface area contributed by atoms with Crippen molar-refractivity contribution in [1.29, 1.82) is 0 Å². The first kappa shape index (κ1) is 22.2. The lowest BCUT2D eigenvalue weighted by atomic mass is 9.84. The second kappa shape index (κ2) is 11.7. The number of hydrogen-bond donors (Lipinski definition) is 0. The van der Waals surface area contributed by atoms with Gasteiger partial charge in [0.05, 0.1) is 29.9 Å². The Morgan fingerprint density at radius 3 is 2.12 bits per heavy atom. The lowest BCUT2D eigenvalue weighted by molar-refractivity contribution is -0.148. The van der Waals surface area contributed by atoms with E-state index in [2.05, 4.69) is 0 Å². The number of Topliss-reactive ketones (excluding diaryl/α,β-unsaturated/α-hetero) is 1. The molecule has 2 rings (SSSR count). The van der Waals surface area contributed by atoms with Gasteiger partial charge in [0.15, 0.2) is 5.78 Å². The Morgan fingerprint density at radius 1 is 1.12 bits per heavy atom. The van der Waals surface area contributed by atoms with Crippen molar-refractivity contribution in [2.45, 2.75) is 39.0 Å². The van der Waals surface area contributed by atoms with E-state index in [0.29, 0.717) is 32.8 Å². The number of esters is 1. The number of hydrogen-bond acceptors (Lipinski definition) is 6. The van der Waals surface area contributed by atoms with Gasteiger partial charge in [0.1, 0.15) is 23.0 Å². The minimum absolute atomic E-state index is 0.0245. The zero-order chi connectivity index (χ0) is 19.5. The van der Waals surface area contributed by atoms with Crippen LogP contribution in [0, 0.1) is 11.8 Å². The van der Waals surface area contributed by atoms with Gasteiger partial charge < -0.3 is 18.8 Å². The van der Waals surface area contributed by atoms with Crippen molar-refractivity contribution in [2.24, 2.45) is 11.8 Å². The number of carbonyl (C=O) groups excluding carboxylic acids is 2. The summed E-state index contributed by atoms with van der Waals surface area (Å²) >= 11 is 0. The van der Waals surface area contributed by atoms with Crippen molar-refractivity contribution < 1.29 is 28.4 Å². The lowest BCUT2D eigenvalue weighted by Crippen LogP contribution is -2.32. The number of carbonyl (C=O) groups is 2. The zero-order valence-electron chi connectivity index (χ0n) is 15.8. The molecule has 0 bridgehead atoms. The number of ether oxygens (including phenoxy) is 3. The molecule has 2 unspecified atom stereocenters. The topological polar surface area (TPSA) is 78.9 Å². The van der Waals surface area contributed by atoms with Crippen LogP contribution in [-0.2, 0) is 14.1 Å². The molecule has 0 aliphatic heterocycles. The summed E-state index contributed by atoms with van der Waals surface area (Å²) in [5.41, 5.74) is 0.327. The Labute approximate surface area is 156 Å². The molecule has 0 heterocycles. The summed E-state index contributed by atoms with van der Waals surface area (Å²) in [4.78, 5) is 25.8. The molecule has 1 fully saturated rings. The third-order valence-electron chi connectivity index (χ3n) is 4.53. The molecule has 0 spiro atoms. The van der Waals surface area contributed by atoms with Gasteiger partial charge in [-0.3, -0.25) is 9.59 Å². The van der Waals surface area contributed by atoms with Gasteiger partial charge >= 0.3 is 5.97 Å². The van der Waals surface area contributed by atoms with Gasteiger partial charge in [0, 0.05) is 0 Å². The van der Waals surface area contributed by atoms with E-state index in [9.17, 15) is 9.59 Å². The normalized spacial score (nSPS) is 14.9. The molecule has 26 heavy (non-hydrogen) atoms. The molecule has 0 N–H and O–H groups in total. The number of benzene rings is 1. The summed E-state index contributed by atoms with van der Waals surface area (Å²) in [7, 11) is 3.62. The number of methoxy groups -OCH3 is 2. The van der Waals surface area contributed by atoms with Crippen LogP contribution in [0.15, 0.2) is 18.2 Å². The summed E-state index contributed by atoms with van der Waals surface area (Å²) in [5, 5.41) is 0. The maximum atomic E-state index is 13.2. The maximum Gasteiger partial charge on any atom is 0.317 e. The first-order valence-corrected chi connectivity index (χ1v) is 9.42. The summed E-state index contributed by atoms with van der Waals surface area (Å²) in [6.45, 7) is 2.27. The van der Waals surface area contributed by atoms with Crippen molar-refractivity contribution in [3.05, 3.63) is 23.8 Å². The van der Waals surface area contributed by atoms with E-state index in [1.165, 1.54) is 14.2 Å².